The second-order valence-corrected chi connectivity index (χ2v) is 8.68. The van der Waals surface area contributed by atoms with Gasteiger partial charge < -0.3 is 29.0 Å². The van der Waals surface area contributed by atoms with Gasteiger partial charge in [-0.2, -0.15) is 0 Å². The highest BCUT2D eigenvalue weighted by Crippen LogP contribution is 2.44. The van der Waals surface area contributed by atoms with E-state index < -0.39 is 23.5 Å². The number of carbonyl (C=O) groups is 2. The lowest BCUT2D eigenvalue weighted by atomic mass is 10.2. The third-order valence-corrected chi connectivity index (χ3v) is 3.58. The van der Waals surface area contributed by atoms with Gasteiger partial charge in [0.05, 0.1) is 11.4 Å². The molecule has 8 heteroatoms. The average molecular weight is 415 g/mol. The van der Waals surface area contributed by atoms with Crippen molar-refractivity contribution in [3.63, 3.8) is 0 Å². The zero-order chi connectivity index (χ0) is 22.1. The number of fused-ring (bicyclic) bond motifs is 2. The van der Waals surface area contributed by atoms with Crippen LogP contribution in [-0.2, 0) is 9.47 Å². The van der Waals surface area contributed by atoms with E-state index in [1.54, 1.807) is 77.9 Å². The Bertz CT molecular complexity index is 893. The Labute approximate surface area is 175 Å². The Hall–Kier alpha value is -3.42. The number of rotatable bonds is 2. The molecule has 0 saturated heterocycles. The number of carbonyl (C=O) groups excluding carboxylic acids is 2. The fraction of sp³-hybridized carbons (Fsp3) is 0.364. The maximum absolute atomic E-state index is 11.9. The van der Waals surface area contributed by atoms with Crippen molar-refractivity contribution in [2.24, 2.45) is 0 Å². The molecule has 0 unspecified atom stereocenters. The van der Waals surface area contributed by atoms with Gasteiger partial charge in [-0.1, -0.05) is 0 Å². The van der Waals surface area contributed by atoms with Crippen LogP contribution in [0.5, 0.6) is 23.0 Å². The van der Waals surface area contributed by atoms with Crippen molar-refractivity contribution < 1.29 is 33.3 Å². The molecule has 8 nitrogen and oxygen atoms in total. The highest BCUT2D eigenvalue weighted by molar-refractivity contribution is 5.78. The van der Waals surface area contributed by atoms with E-state index in [1.165, 1.54) is 0 Å². The van der Waals surface area contributed by atoms with Crippen LogP contribution in [0.3, 0.4) is 0 Å². The summed E-state index contributed by atoms with van der Waals surface area (Å²) in [6.45, 7) is 10.5. The third-order valence-electron chi connectivity index (χ3n) is 3.58. The van der Waals surface area contributed by atoms with Crippen molar-refractivity contribution in [2.75, 3.05) is 5.32 Å². The zero-order valence-corrected chi connectivity index (χ0v) is 17.8. The fourth-order valence-electron chi connectivity index (χ4n) is 2.51. The standard InChI is InChI=1S/C22H25NO7/c1-21(2,3)29-19(24)26-13-7-9-15-17(11-13)28-18-12-14(8-10-16(18)23-15)27-20(25)30-22(4,5)6/h7-12,23H,1-6H3. The number of hydrogen-bond donors (Lipinski definition) is 1. The van der Waals surface area contributed by atoms with Gasteiger partial charge in [-0.15, -0.1) is 0 Å². The first-order chi connectivity index (χ1) is 13.9. The Balaban J connectivity index is 1.72. The number of benzene rings is 2. The first-order valence-corrected chi connectivity index (χ1v) is 9.43. The van der Waals surface area contributed by atoms with Crippen LogP contribution in [0.15, 0.2) is 36.4 Å². The van der Waals surface area contributed by atoms with Crippen LogP contribution < -0.4 is 19.5 Å². The molecule has 1 heterocycles. The molecule has 0 saturated carbocycles. The normalized spacial score (nSPS) is 12.5. The first-order valence-electron chi connectivity index (χ1n) is 9.43. The van der Waals surface area contributed by atoms with Crippen molar-refractivity contribution in [3.8, 4) is 23.0 Å². The van der Waals surface area contributed by atoms with Crippen LogP contribution in [0.25, 0.3) is 0 Å². The van der Waals surface area contributed by atoms with Gasteiger partial charge in [0.2, 0.25) is 0 Å². The second-order valence-electron chi connectivity index (χ2n) is 8.68. The lowest BCUT2D eigenvalue weighted by molar-refractivity contribution is 0.0193. The number of anilines is 2. The van der Waals surface area contributed by atoms with Crippen molar-refractivity contribution >= 4 is 23.7 Å². The summed E-state index contributed by atoms with van der Waals surface area (Å²) in [6, 6.07) is 9.84. The van der Waals surface area contributed by atoms with E-state index in [-0.39, 0.29) is 11.5 Å². The molecule has 1 aliphatic heterocycles. The number of nitrogens with one attached hydrogen (secondary N) is 1. The summed E-state index contributed by atoms with van der Waals surface area (Å²) < 4.78 is 26.6. The van der Waals surface area contributed by atoms with Gasteiger partial charge in [-0.05, 0) is 65.8 Å². The Morgan fingerprint density at radius 3 is 1.50 bits per heavy atom. The average Bonchev–Trinajstić information content (AvgIpc) is 2.56. The fourth-order valence-corrected chi connectivity index (χ4v) is 2.51. The molecule has 30 heavy (non-hydrogen) atoms. The van der Waals surface area contributed by atoms with Crippen molar-refractivity contribution in [3.05, 3.63) is 36.4 Å². The molecule has 2 aromatic rings. The predicted molar refractivity (Wildman–Crippen MR) is 110 cm³/mol. The van der Waals surface area contributed by atoms with Gasteiger partial charge in [0.1, 0.15) is 22.7 Å². The predicted octanol–water partition coefficient (Wildman–Crippen LogP) is 6.16. The molecule has 3 rings (SSSR count). The number of ether oxygens (including phenoxy) is 5. The van der Waals surface area contributed by atoms with Gasteiger partial charge in [0.15, 0.2) is 11.5 Å². The molecule has 1 aliphatic rings. The molecule has 0 fully saturated rings. The summed E-state index contributed by atoms with van der Waals surface area (Å²) in [5, 5.41) is 3.21. The SMILES string of the molecule is CC(C)(C)OC(=O)Oc1ccc2c(c1)Oc1cc(OC(=O)OC(C)(C)C)ccc1N2. The molecule has 160 valence electrons. The van der Waals surface area contributed by atoms with Gasteiger partial charge in [0, 0.05) is 12.1 Å². The van der Waals surface area contributed by atoms with Crippen LogP contribution in [0.1, 0.15) is 41.5 Å². The summed E-state index contributed by atoms with van der Waals surface area (Å²) in [5.41, 5.74) is 0.0688. The van der Waals surface area contributed by atoms with E-state index in [0.29, 0.717) is 22.9 Å². The zero-order valence-electron chi connectivity index (χ0n) is 17.8. The van der Waals surface area contributed by atoms with Crippen LogP contribution in [0.2, 0.25) is 0 Å². The summed E-state index contributed by atoms with van der Waals surface area (Å²) in [6.07, 6.45) is -1.61. The smallest absolute Gasteiger partial charge is 0.453 e. The topological polar surface area (TPSA) is 92.3 Å². The minimum absolute atomic E-state index is 0.273. The van der Waals surface area contributed by atoms with E-state index in [2.05, 4.69) is 5.32 Å². The highest BCUT2D eigenvalue weighted by Gasteiger charge is 2.22. The van der Waals surface area contributed by atoms with Crippen LogP contribution in [-0.4, -0.2) is 23.5 Å². The lowest BCUT2D eigenvalue weighted by Crippen LogP contribution is -2.26. The first kappa shape index (κ1) is 21.3. The quantitative estimate of drug-likeness (QED) is 0.393. The van der Waals surface area contributed by atoms with E-state index >= 15 is 0 Å². The maximum atomic E-state index is 11.9. The van der Waals surface area contributed by atoms with Crippen molar-refractivity contribution in [2.45, 2.75) is 52.7 Å². The van der Waals surface area contributed by atoms with E-state index in [1.807, 2.05) is 0 Å². The molecule has 0 aromatic heterocycles. The van der Waals surface area contributed by atoms with Gasteiger partial charge in [-0.3, -0.25) is 0 Å². The van der Waals surface area contributed by atoms with Gasteiger partial charge >= 0.3 is 12.3 Å². The molecule has 0 radical (unpaired) electrons. The van der Waals surface area contributed by atoms with E-state index in [4.69, 9.17) is 23.7 Å². The second kappa shape index (κ2) is 7.78. The third kappa shape index (κ3) is 5.79. The Morgan fingerprint density at radius 1 is 0.733 bits per heavy atom. The van der Waals surface area contributed by atoms with Crippen molar-refractivity contribution in [1.82, 2.24) is 0 Å². The molecular formula is C22H25NO7. The molecule has 0 amide bonds. The number of hydrogen-bond acceptors (Lipinski definition) is 8. The Morgan fingerprint density at radius 2 is 1.13 bits per heavy atom. The molecule has 0 aliphatic carbocycles. The summed E-state index contributed by atoms with van der Waals surface area (Å²) in [4.78, 5) is 23.8. The highest BCUT2D eigenvalue weighted by atomic mass is 16.7. The maximum Gasteiger partial charge on any atom is 0.514 e. The van der Waals surface area contributed by atoms with Crippen molar-refractivity contribution in [1.29, 1.82) is 0 Å². The van der Waals surface area contributed by atoms with Crippen LogP contribution >= 0.6 is 0 Å². The molecule has 2 aromatic carbocycles. The molecule has 0 spiro atoms. The summed E-state index contributed by atoms with van der Waals surface area (Å²) >= 11 is 0. The largest absolute Gasteiger partial charge is 0.514 e. The van der Waals surface area contributed by atoms with E-state index in [0.717, 1.165) is 0 Å². The molecule has 0 atom stereocenters. The molecular weight excluding hydrogens is 390 g/mol. The monoisotopic (exact) mass is 415 g/mol. The molecule has 0 bridgehead atoms. The minimum atomic E-state index is -0.806. The van der Waals surface area contributed by atoms with Crippen LogP contribution in [0, 0.1) is 0 Å². The molecule has 1 N–H and O–H groups in total. The van der Waals surface area contributed by atoms with E-state index in [9.17, 15) is 9.59 Å². The van der Waals surface area contributed by atoms with Gasteiger partial charge in [-0.25, -0.2) is 9.59 Å². The lowest BCUT2D eigenvalue weighted by Gasteiger charge is -2.23. The summed E-state index contributed by atoms with van der Waals surface area (Å²) in [7, 11) is 0. The minimum Gasteiger partial charge on any atom is -0.453 e. The Kier molecular flexibility index (Phi) is 5.52. The van der Waals surface area contributed by atoms with Gasteiger partial charge in [0.25, 0.3) is 0 Å². The summed E-state index contributed by atoms with van der Waals surface area (Å²) in [5.74, 6) is 1.43. The van der Waals surface area contributed by atoms with Crippen LogP contribution in [0.4, 0.5) is 21.0 Å².